The number of ether oxygens (including phenoxy) is 3. The van der Waals surface area contributed by atoms with Gasteiger partial charge in [-0.1, -0.05) is 12.1 Å². The van der Waals surface area contributed by atoms with Crippen molar-refractivity contribution in [2.45, 2.75) is 25.0 Å². The molecular weight excluding hydrogens is 477 g/mol. The fourth-order valence-electron chi connectivity index (χ4n) is 4.89. The van der Waals surface area contributed by atoms with Crippen LogP contribution in [0.4, 0.5) is 4.39 Å². The van der Waals surface area contributed by atoms with E-state index < -0.39 is 5.60 Å². The molecule has 2 aliphatic rings. The van der Waals surface area contributed by atoms with Crippen molar-refractivity contribution in [2.24, 2.45) is 0 Å². The summed E-state index contributed by atoms with van der Waals surface area (Å²) in [5.41, 5.74) is -0.224. The molecule has 0 spiro atoms. The van der Waals surface area contributed by atoms with Crippen LogP contribution < -0.4 is 9.47 Å². The molecule has 202 valence electrons. The zero-order valence-electron chi connectivity index (χ0n) is 21.6. The van der Waals surface area contributed by atoms with Crippen LogP contribution in [-0.2, 0) is 16.1 Å². The summed E-state index contributed by atoms with van der Waals surface area (Å²) >= 11 is 0. The summed E-state index contributed by atoms with van der Waals surface area (Å²) in [4.78, 5) is 18.8. The van der Waals surface area contributed by atoms with Gasteiger partial charge < -0.3 is 24.2 Å². The highest BCUT2D eigenvalue weighted by Gasteiger charge is 2.37. The van der Waals surface area contributed by atoms with Crippen LogP contribution in [0.3, 0.4) is 0 Å². The standard InChI is InChI=1S/C28H38FN3O5/c1-35-19-27(33)32-15-14-31(20-28(34,21-32)22-37-26-10-6-24(29)7-11-26)18-23-4-8-25(9-5-23)36-17-16-30-12-2-3-13-30/h4-11,34H,2-3,12-22H2,1H3/t28-/m0/s1. The van der Waals surface area contributed by atoms with Gasteiger partial charge >= 0.3 is 0 Å². The minimum Gasteiger partial charge on any atom is -0.492 e. The number of halogens is 1. The summed E-state index contributed by atoms with van der Waals surface area (Å²) in [6.07, 6.45) is 2.55. The number of carbonyl (C=O) groups is 1. The molecule has 1 N–H and O–H groups in total. The van der Waals surface area contributed by atoms with Gasteiger partial charge in [-0.3, -0.25) is 14.6 Å². The first-order valence-corrected chi connectivity index (χ1v) is 13.0. The van der Waals surface area contributed by atoms with E-state index in [0.717, 1.165) is 30.9 Å². The lowest BCUT2D eigenvalue weighted by molar-refractivity contribution is -0.138. The molecule has 2 saturated heterocycles. The maximum Gasteiger partial charge on any atom is 0.248 e. The zero-order chi connectivity index (χ0) is 26.1. The van der Waals surface area contributed by atoms with E-state index in [0.29, 0.717) is 38.5 Å². The second-order valence-corrected chi connectivity index (χ2v) is 9.97. The molecule has 9 heteroatoms. The van der Waals surface area contributed by atoms with E-state index >= 15 is 0 Å². The normalized spacial score (nSPS) is 21.1. The largest absolute Gasteiger partial charge is 0.492 e. The molecule has 1 amide bonds. The maximum absolute atomic E-state index is 13.3. The average Bonchev–Trinajstić information content (AvgIpc) is 3.35. The van der Waals surface area contributed by atoms with Crippen molar-refractivity contribution in [3.8, 4) is 11.5 Å². The van der Waals surface area contributed by atoms with E-state index in [2.05, 4.69) is 9.80 Å². The molecule has 0 bridgehead atoms. The van der Waals surface area contributed by atoms with Crippen LogP contribution in [0.2, 0.25) is 0 Å². The fraction of sp³-hybridized carbons (Fsp3) is 0.536. The molecule has 4 rings (SSSR count). The van der Waals surface area contributed by atoms with Gasteiger partial charge in [-0.15, -0.1) is 0 Å². The Morgan fingerprint density at radius 3 is 2.30 bits per heavy atom. The second-order valence-electron chi connectivity index (χ2n) is 9.97. The van der Waals surface area contributed by atoms with Gasteiger partial charge in [0.05, 0.1) is 6.54 Å². The topological polar surface area (TPSA) is 74.7 Å². The van der Waals surface area contributed by atoms with Crippen LogP contribution in [-0.4, -0.2) is 104 Å². The first kappa shape index (κ1) is 27.3. The summed E-state index contributed by atoms with van der Waals surface area (Å²) < 4.78 is 30.0. The van der Waals surface area contributed by atoms with Gasteiger partial charge in [-0.2, -0.15) is 0 Å². The van der Waals surface area contributed by atoms with E-state index in [9.17, 15) is 14.3 Å². The van der Waals surface area contributed by atoms with Crippen molar-refractivity contribution in [3.05, 3.63) is 59.9 Å². The number of aliphatic hydroxyl groups is 1. The molecule has 37 heavy (non-hydrogen) atoms. The summed E-state index contributed by atoms with van der Waals surface area (Å²) in [5.74, 6) is 0.770. The Balaban J connectivity index is 1.36. The summed E-state index contributed by atoms with van der Waals surface area (Å²) in [7, 11) is 1.48. The van der Waals surface area contributed by atoms with Crippen molar-refractivity contribution in [1.29, 1.82) is 0 Å². The lowest BCUT2D eigenvalue weighted by Crippen LogP contribution is -2.52. The number of amides is 1. The minimum atomic E-state index is -1.31. The van der Waals surface area contributed by atoms with Crippen LogP contribution >= 0.6 is 0 Å². The molecular formula is C28H38FN3O5. The Labute approximate surface area is 218 Å². The van der Waals surface area contributed by atoms with Gasteiger partial charge in [-0.05, 0) is 67.9 Å². The van der Waals surface area contributed by atoms with Gasteiger partial charge in [0.25, 0.3) is 0 Å². The van der Waals surface area contributed by atoms with E-state index in [1.807, 2.05) is 24.3 Å². The zero-order valence-corrected chi connectivity index (χ0v) is 21.6. The predicted octanol–water partition coefficient (Wildman–Crippen LogP) is 2.40. The lowest BCUT2D eigenvalue weighted by atomic mass is 10.0. The van der Waals surface area contributed by atoms with Gasteiger partial charge in [0.2, 0.25) is 5.91 Å². The summed E-state index contributed by atoms with van der Waals surface area (Å²) in [6, 6.07) is 13.7. The first-order valence-electron chi connectivity index (χ1n) is 13.0. The molecule has 0 aliphatic carbocycles. The van der Waals surface area contributed by atoms with Gasteiger partial charge in [0.1, 0.15) is 42.7 Å². The number of rotatable bonds is 11. The third kappa shape index (κ3) is 8.39. The number of hydrogen-bond donors (Lipinski definition) is 1. The van der Waals surface area contributed by atoms with Crippen molar-refractivity contribution < 1.29 is 28.5 Å². The molecule has 2 aliphatic heterocycles. The van der Waals surface area contributed by atoms with Gasteiger partial charge in [0.15, 0.2) is 0 Å². The van der Waals surface area contributed by atoms with E-state index in [1.54, 1.807) is 4.90 Å². The number of nitrogens with zero attached hydrogens (tertiary/aromatic N) is 3. The Morgan fingerprint density at radius 1 is 0.919 bits per heavy atom. The number of benzene rings is 2. The number of β-amino-alcohol motifs (C(OH)–C–C–N with tert-alkyl or cyclic N) is 1. The first-order chi connectivity index (χ1) is 17.9. The van der Waals surface area contributed by atoms with Crippen molar-refractivity contribution in [2.75, 3.05) is 72.7 Å². The third-order valence-corrected chi connectivity index (χ3v) is 6.84. The SMILES string of the molecule is COCC(=O)N1CCN(Cc2ccc(OCCN3CCCC3)cc2)C[C@@](O)(COc2ccc(F)cc2)C1. The Morgan fingerprint density at radius 2 is 1.59 bits per heavy atom. The van der Waals surface area contributed by atoms with Crippen molar-refractivity contribution in [1.82, 2.24) is 14.7 Å². The van der Waals surface area contributed by atoms with Crippen LogP contribution in [0.25, 0.3) is 0 Å². The molecule has 0 unspecified atom stereocenters. The summed E-state index contributed by atoms with van der Waals surface area (Å²) in [5, 5.41) is 11.5. The van der Waals surface area contributed by atoms with Gasteiger partial charge in [-0.25, -0.2) is 4.39 Å². The molecule has 2 fully saturated rings. The Hall–Kier alpha value is -2.72. The van der Waals surface area contributed by atoms with Crippen LogP contribution in [0, 0.1) is 5.82 Å². The number of methoxy groups -OCH3 is 1. The lowest BCUT2D eigenvalue weighted by Gasteiger charge is -2.33. The van der Waals surface area contributed by atoms with E-state index in [-0.39, 0.29) is 31.5 Å². The highest BCUT2D eigenvalue weighted by molar-refractivity contribution is 5.77. The molecule has 1 atom stereocenters. The maximum atomic E-state index is 13.3. The fourth-order valence-corrected chi connectivity index (χ4v) is 4.89. The second kappa shape index (κ2) is 13.2. The molecule has 2 aromatic carbocycles. The van der Waals surface area contributed by atoms with Crippen LogP contribution in [0.5, 0.6) is 11.5 Å². The predicted molar refractivity (Wildman–Crippen MR) is 138 cm³/mol. The Kier molecular flexibility index (Phi) is 9.74. The van der Waals surface area contributed by atoms with E-state index in [1.165, 1.54) is 44.2 Å². The number of hydrogen-bond acceptors (Lipinski definition) is 7. The van der Waals surface area contributed by atoms with Gasteiger partial charge in [0, 0.05) is 39.8 Å². The summed E-state index contributed by atoms with van der Waals surface area (Å²) in [6.45, 7) is 5.99. The molecule has 8 nitrogen and oxygen atoms in total. The average molecular weight is 516 g/mol. The highest BCUT2D eigenvalue weighted by atomic mass is 19.1. The Bertz CT molecular complexity index is 984. The van der Waals surface area contributed by atoms with Crippen molar-refractivity contribution >= 4 is 5.91 Å². The minimum absolute atomic E-state index is 0.0321. The van der Waals surface area contributed by atoms with Crippen molar-refractivity contribution in [3.63, 3.8) is 0 Å². The third-order valence-electron chi connectivity index (χ3n) is 6.84. The van der Waals surface area contributed by atoms with Crippen LogP contribution in [0.15, 0.2) is 48.5 Å². The molecule has 0 radical (unpaired) electrons. The van der Waals surface area contributed by atoms with Crippen LogP contribution in [0.1, 0.15) is 18.4 Å². The number of carbonyl (C=O) groups excluding carboxylic acids is 1. The molecule has 2 aromatic rings. The highest BCUT2D eigenvalue weighted by Crippen LogP contribution is 2.21. The number of likely N-dealkylation sites (tertiary alicyclic amines) is 1. The van der Waals surface area contributed by atoms with E-state index in [4.69, 9.17) is 14.2 Å². The smallest absolute Gasteiger partial charge is 0.248 e. The molecule has 0 aromatic heterocycles. The molecule has 2 heterocycles. The quantitative estimate of drug-likeness (QED) is 0.493. The monoisotopic (exact) mass is 515 g/mol. The molecule has 0 saturated carbocycles.